The second-order valence-electron chi connectivity index (χ2n) is 11.0. The van der Waals surface area contributed by atoms with Crippen LogP contribution in [0.3, 0.4) is 0 Å². The number of esters is 2. The molecule has 1 spiro atoms. The standard InChI is InChI=1S/C25H35BrO6/c1-14(27)31-17-7-8-23(3)16(11-17)5-6-18-19-12-21(26)25(29-9-10-30-25)24(19,4)13-20(22(18)23)32-15(2)28/h5,17-22H,6-13H2,1-4H3/t17-,18-,19-,20+,21+,22+,23-,24-/m0/s1. The summed E-state index contributed by atoms with van der Waals surface area (Å²) in [6, 6.07) is 0. The second-order valence-corrected chi connectivity index (χ2v) is 12.1. The molecule has 0 aromatic rings. The van der Waals surface area contributed by atoms with Gasteiger partial charge in [0.15, 0.2) is 5.79 Å². The first kappa shape index (κ1) is 22.9. The number of hydrogen-bond donors (Lipinski definition) is 0. The van der Waals surface area contributed by atoms with Crippen LogP contribution in [-0.4, -0.2) is 48.0 Å². The zero-order valence-electron chi connectivity index (χ0n) is 19.5. The van der Waals surface area contributed by atoms with E-state index >= 15 is 0 Å². The van der Waals surface area contributed by atoms with Crippen molar-refractivity contribution in [3.8, 4) is 0 Å². The molecule has 1 aliphatic heterocycles. The van der Waals surface area contributed by atoms with Gasteiger partial charge in [-0.1, -0.05) is 41.4 Å². The highest BCUT2D eigenvalue weighted by atomic mass is 79.9. The fourth-order valence-corrected chi connectivity index (χ4v) is 9.43. The van der Waals surface area contributed by atoms with E-state index in [9.17, 15) is 9.59 Å². The lowest BCUT2D eigenvalue weighted by atomic mass is 9.46. The molecule has 0 aromatic heterocycles. The minimum Gasteiger partial charge on any atom is -0.462 e. The number of hydrogen-bond acceptors (Lipinski definition) is 6. The van der Waals surface area contributed by atoms with Gasteiger partial charge in [-0.25, -0.2) is 0 Å². The number of rotatable bonds is 2. The third kappa shape index (κ3) is 3.17. The molecule has 1 saturated heterocycles. The highest BCUT2D eigenvalue weighted by Crippen LogP contribution is 2.70. The van der Waals surface area contributed by atoms with Gasteiger partial charge in [-0.15, -0.1) is 0 Å². The maximum atomic E-state index is 12.2. The van der Waals surface area contributed by atoms with Crippen molar-refractivity contribution < 1.29 is 28.5 Å². The maximum absolute atomic E-state index is 12.2. The van der Waals surface area contributed by atoms with E-state index in [4.69, 9.17) is 18.9 Å². The summed E-state index contributed by atoms with van der Waals surface area (Å²) in [6.45, 7) is 8.85. The molecule has 4 fully saturated rings. The summed E-state index contributed by atoms with van der Waals surface area (Å²) in [5, 5.41) is 0. The molecule has 32 heavy (non-hydrogen) atoms. The summed E-state index contributed by atoms with van der Waals surface area (Å²) in [5.41, 5.74) is 1.08. The van der Waals surface area contributed by atoms with Gasteiger partial charge < -0.3 is 18.9 Å². The van der Waals surface area contributed by atoms with Crippen LogP contribution in [0.1, 0.15) is 66.2 Å². The zero-order valence-corrected chi connectivity index (χ0v) is 21.1. The Morgan fingerprint density at radius 2 is 1.81 bits per heavy atom. The molecule has 0 bridgehead atoms. The highest BCUT2D eigenvalue weighted by molar-refractivity contribution is 9.09. The highest BCUT2D eigenvalue weighted by Gasteiger charge is 2.72. The number of fused-ring (bicyclic) bond motifs is 6. The number of allylic oxidation sites excluding steroid dienone is 1. The molecule has 7 heteroatoms. The average molecular weight is 511 g/mol. The maximum Gasteiger partial charge on any atom is 0.302 e. The van der Waals surface area contributed by atoms with E-state index in [1.165, 1.54) is 19.4 Å². The van der Waals surface area contributed by atoms with Gasteiger partial charge in [0.1, 0.15) is 12.2 Å². The fraction of sp³-hybridized carbons (Fsp3) is 0.840. The first-order chi connectivity index (χ1) is 15.1. The first-order valence-corrected chi connectivity index (χ1v) is 13.0. The van der Waals surface area contributed by atoms with Crippen molar-refractivity contribution in [2.24, 2.45) is 28.6 Å². The summed E-state index contributed by atoms with van der Waals surface area (Å²) < 4.78 is 24.3. The van der Waals surface area contributed by atoms with E-state index in [1.807, 2.05) is 0 Å². The van der Waals surface area contributed by atoms with Gasteiger partial charge >= 0.3 is 11.9 Å². The van der Waals surface area contributed by atoms with Crippen LogP contribution in [-0.2, 0) is 28.5 Å². The molecule has 0 N–H and O–H groups in total. The summed E-state index contributed by atoms with van der Waals surface area (Å²) in [4.78, 5) is 23.9. The fourth-order valence-electron chi connectivity index (χ4n) is 8.24. The van der Waals surface area contributed by atoms with Crippen LogP contribution >= 0.6 is 15.9 Å². The van der Waals surface area contributed by atoms with Gasteiger partial charge in [0, 0.05) is 31.6 Å². The molecule has 0 unspecified atom stereocenters. The van der Waals surface area contributed by atoms with Gasteiger partial charge in [0.05, 0.1) is 18.0 Å². The lowest BCUT2D eigenvalue weighted by Gasteiger charge is -2.60. The van der Waals surface area contributed by atoms with E-state index in [2.05, 4.69) is 35.9 Å². The predicted octanol–water partition coefficient (Wildman–Crippen LogP) is 4.54. The SMILES string of the molecule is CC(=O)O[C@H]1CC[C@@]2(C)C(=CC[C@@H]3[C@@H]2[C@H](OC(C)=O)C[C@@]2(C)[C@H]3C[C@@H](Br)C23OCCO3)C1. The minimum absolute atomic E-state index is 0.0497. The van der Waals surface area contributed by atoms with Crippen LogP contribution in [0.4, 0.5) is 0 Å². The normalized spacial score (nSPS) is 46.6. The molecule has 5 aliphatic rings. The number of carbonyl (C=O) groups is 2. The molecular formula is C25H35BrO6. The monoisotopic (exact) mass is 510 g/mol. The predicted molar refractivity (Wildman–Crippen MR) is 121 cm³/mol. The Balaban J connectivity index is 1.53. The van der Waals surface area contributed by atoms with Crippen molar-refractivity contribution in [1.82, 2.24) is 0 Å². The topological polar surface area (TPSA) is 71.1 Å². The summed E-state index contributed by atoms with van der Waals surface area (Å²) >= 11 is 3.93. The summed E-state index contributed by atoms with van der Waals surface area (Å²) in [6.07, 6.45) is 7.44. The van der Waals surface area contributed by atoms with Crippen LogP contribution in [0.15, 0.2) is 11.6 Å². The van der Waals surface area contributed by atoms with Crippen molar-refractivity contribution in [1.29, 1.82) is 0 Å². The molecule has 0 radical (unpaired) electrons. The van der Waals surface area contributed by atoms with Crippen LogP contribution < -0.4 is 0 Å². The third-order valence-electron chi connectivity index (χ3n) is 9.40. The van der Waals surface area contributed by atoms with Gasteiger partial charge in [-0.3, -0.25) is 9.59 Å². The number of ether oxygens (including phenoxy) is 4. The van der Waals surface area contributed by atoms with Gasteiger partial charge in [-0.2, -0.15) is 0 Å². The van der Waals surface area contributed by atoms with E-state index in [0.717, 1.165) is 38.5 Å². The van der Waals surface area contributed by atoms with Crippen molar-refractivity contribution >= 4 is 27.9 Å². The van der Waals surface area contributed by atoms with Gasteiger partial charge in [-0.05, 0) is 49.4 Å². The molecular weight excluding hydrogens is 476 g/mol. The lowest BCUT2D eigenvalue weighted by Crippen LogP contribution is -2.61. The molecule has 5 rings (SSSR count). The van der Waals surface area contributed by atoms with E-state index in [1.54, 1.807) is 0 Å². The number of alkyl halides is 1. The largest absolute Gasteiger partial charge is 0.462 e. The Labute approximate surface area is 198 Å². The zero-order chi connectivity index (χ0) is 22.9. The number of halogens is 1. The Morgan fingerprint density at radius 1 is 1.12 bits per heavy atom. The van der Waals surface area contributed by atoms with Crippen LogP contribution in [0.2, 0.25) is 0 Å². The first-order valence-electron chi connectivity index (χ1n) is 12.1. The quantitative estimate of drug-likeness (QED) is 0.308. The molecule has 3 saturated carbocycles. The third-order valence-corrected chi connectivity index (χ3v) is 10.4. The molecule has 0 amide bonds. The average Bonchev–Trinajstić information content (AvgIpc) is 3.28. The summed E-state index contributed by atoms with van der Waals surface area (Å²) in [5.74, 6) is -0.0279. The minimum atomic E-state index is -0.654. The van der Waals surface area contributed by atoms with Crippen molar-refractivity contribution in [2.45, 2.75) is 89.0 Å². The Hall–Kier alpha value is -0.920. The molecule has 0 aromatic carbocycles. The van der Waals surface area contributed by atoms with Gasteiger partial charge in [0.25, 0.3) is 0 Å². The van der Waals surface area contributed by atoms with E-state index < -0.39 is 5.79 Å². The van der Waals surface area contributed by atoms with E-state index in [0.29, 0.717) is 25.0 Å². The molecule has 6 nitrogen and oxygen atoms in total. The van der Waals surface area contributed by atoms with Gasteiger partial charge in [0.2, 0.25) is 0 Å². The molecule has 1 heterocycles. The van der Waals surface area contributed by atoms with Crippen LogP contribution in [0.5, 0.6) is 0 Å². The Morgan fingerprint density at radius 3 is 2.47 bits per heavy atom. The summed E-state index contributed by atoms with van der Waals surface area (Å²) in [7, 11) is 0. The Bertz CT molecular complexity index is 834. The van der Waals surface area contributed by atoms with Crippen LogP contribution in [0, 0.1) is 28.6 Å². The molecule has 178 valence electrons. The van der Waals surface area contributed by atoms with Crippen molar-refractivity contribution in [2.75, 3.05) is 13.2 Å². The second kappa shape index (κ2) is 7.81. The molecule has 8 atom stereocenters. The number of carbonyl (C=O) groups excluding carboxylic acids is 2. The smallest absolute Gasteiger partial charge is 0.302 e. The molecule has 4 aliphatic carbocycles. The van der Waals surface area contributed by atoms with Crippen molar-refractivity contribution in [3.05, 3.63) is 11.6 Å². The lowest BCUT2D eigenvalue weighted by molar-refractivity contribution is -0.255. The Kier molecular flexibility index (Phi) is 5.58. The van der Waals surface area contributed by atoms with E-state index in [-0.39, 0.29) is 45.7 Å². The van der Waals surface area contributed by atoms with Crippen LogP contribution in [0.25, 0.3) is 0 Å². The van der Waals surface area contributed by atoms with Crippen molar-refractivity contribution in [3.63, 3.8) is 0 Å².